The predicted octanol–water partition coefficient (Wildman–Crippen LogP) is 1.62. The van der Waals surface area contributed by atoms with Crippen LogP contribution in [0.3, 0.4) is 0 Å². The van der Waals surface area contributed by atoms with Gasteiger partial charge in [0, 0.05) is 6.54 Å². The smallest absolute Gasteiger partial charge is 0.354 e. The van der Waals surface area contributed by atoms with Gasteiger partial charge in [0.15, 0.2) is 5.69 Å². The van der Waals surface area contributed by atoms with Crippen LogP contribution >= 0.6 is 0 Å². The Bertz CT molecular complexity index is 353. The topological polar surface area (TPSA) is 71.5 Å². The van der Waals surface area contributed by atoms with E-state index in [0.717, 1.165) is 0 Å². The van der Waals surface area contributed by atoms with E-state index >= 15 is 0 Å². The van der Waals surface area contributed by atoms with E-state index in [2.05, 4.69) is 10.3 Å². The van der Waals surface area contributed by atoms with Gasteiger partial charge in [0.25, 0.3) is 0 Å². The van der Waals surface area contributed by atoms with Gasteiger partial charge in [-0.3, -0.25) is 0 Å². The van der Waals surface area contributed by atoms with Crippen molar-refractivity contribution in [3.8, 4) is 0 Å². The second-order valence-electron chi connectivity index (χ2n) is 3.56. The molecule has 0 amide bonds. The SMILES string of the molecule is CC(C)OCCNc1cccc(C(=O)O)n1. The standard InChI is InChI=1S/C11H16N2O3/c1-8(2)16-7-6-12-10-5-3-4-9(13-10)11(14)15/h3-5,8H,6-7H2,1-2H3,(H,12,13)(H,14,15). The number of ether oxygens (including phenoxy) is 1. The highest BCUT2D eigenvalue weighted by Gasteiger charge is 2.04. The summed E-state index contributed by atoms with van der Waals surface area (Å²) in [6.07, 6.45) is 0.195. The molecule has 1 aromatic rings. The van der Waals surface area contributed by atoms with Crippen LogP contribution in [0, 0.1) is 0 Å². The summed E-state index contributed by atoms with van der Waals surface area (Å²) < 4.78 is 5.33. The van der Waals surface area contributed by atoms with E-state index in [1.165, 1.54) is 6.07 Å². The molecular formula is C11H16N2O3. The lowest BCUT2D eigenvalue weighted by Gasteiger charge is -2.09. The van der Waals surface area contributed by atoms with Gasteiger partial charge in [-0.25, -0.2) is 9.78 Å². The minimum absolute atomic E-state index is 0.0368. The van der Waals surface area contributed by atoms with Crippen LogP contribution in [0.1, 0.15) is 24.3 Å². The maximum atomic E-state index is 10.7. The second-order valence-corrected chi connectivity index (χ2v) is 3.56. The summed E-state index contributed by atoms with van der Waals surface area (Å²) >= 11 is 0. The second kappa shape index (κ2) is 6.07. The molecule has 0 fully saturated rings. The Hall–Kier alpha value is -1.62. The summed E-state index contributed by atoms with van der Waals surface area (Å²) in [6.45, 7) is 5.09. The van der Waals surface area contributed by atoms with E-state index in [9.17, 15) is 4.79 Å². The molecule has 2 N–H and O–H groups in total. The van der Waals surface area contributed by atoms with Crippen molar-refractivity contribution in [1.82, 2.24) is 4.98 Å². The molecular weight excluding hydrogens is 208 g/mol. The summed E-state index contributed by atoms with van der Waals surface area (Å²) in [6, 6.07) is 4.84. The van der Waals surface area contributed by atoms with Crippen molar-refractivity contribution >= 4 is 11.8 Å². The number of aromatic carboxylic acids is 1. The zero-order valence-electron chi connectivity index (χ0n) is 9.43. The number of nitrogens with zero attached hydrogens (tertiary/aromatic N) is 1. The van der Waals surface area contributed by atoms with Gasteiger partial charge < -0.3 is 15.2 Å². The van der Waals surface area contributed by atoms with Crippen LogP contribution in [0.2, 0.25) is 0 Å². The zero-order chi connectivity index (χ0) is 12.0. The number of nitrogens with one attached hydrogen (secondary N) is 1. The van der Waals surface area contributed by atoms with Crippen LogP contribution in [0.25, 0.3) is 0 Å². The van der Waals surface area contributed by atoms with Crippen molar-refractivity contribution in [2.75, 3.05) is 18.5 Å². The Morgan fingerprint density at radius 2 is 2.31 bits per heavy atom. The summed E-state index contributed by atoms with van der Waals surface area (Å²) in [5.74, 6) is -0.477. The fourth-order valence-electron chi connectivity index (χ4n) is 1.13. The molecule has 0 unspecified atom stereocenters. The summed E-state index contributed by atoms with van der Waals surface area (Å²) in [5, 5.41) is 11.7. The minimum atomic E-state index is -1.03. The third kappa shape index (κ3) is 4.27. The number of hydrogen-bond acceptors (Lipinski definition) is 4. The fraction of sp³-hybridized carbons (Fsp3) is 0.455. The van der Waals surface area contributed by atoms with Crippen molar-refractivity contribution in [3.05, 3.63) is 23.9 Å². The molecule has 0 saturated carbocycles. The van der Waals surface area contributed by atoms with Crippen molar-refractivity contribution in [2.24, 2.45) is 0 Å². The summed E-state index contributed by atoms with van der Waals surface area (Å²) in [7, 11) is 0. The summed E-state index contributed by atoms with van der Waals surface area (Å²) in [5.41, 5.74) is 0.0368. The van der Waals surface area contributed by atoms with Crippen LogP contribution in [0.5, 0.6) is 0 Å². The first-order chi connectivity index (χ1) is 7.59. The molecule has 1 aromatic heterocycles. The number of anilines is 1. The maximum Gasteiger partial charge on any atom is 0.354 e. The van der Waals surface area contributed by atoms with E-state index in [-0.39, 0.29) is 11.8 Å². The molecule has 5 nitrogen and oxygen atoms in total. The van der Waals surface area contributed by atoms with Crippen LogP contribution in [0.4, 0.5) is 5.82 Å². The average Bonchev–Trinajstić information content (AvgIpc) is 2.24. The molecule has 0 aliphatic heterocycles. The lowest BCUT2D eigenvalue weighted by Crippen LogP contribution is -2.14. The van der Waals surface area contributed by atoms with Gasteiger partial charge in [-0.15, -0.1) is 0 Å². The Morgan fingerprint density at radius 1 is 1.56 bits per heavy atom. The van der Waals surface area contributed by atoms with Crippen LogP contribution in [-0.4, -0.2) is 35.3 Å². The van der Waals surface area contributed by atoms with Gasteiger partial charge in [0.1, 0.15) is 5.82 Å². The first kappa shape index (κ1) is 12.4. The fourth-order valence-corrected chi connectivity index (χ4v) is 1.13. The van der Waals surface area contributed by atoms with Gasteiger partial charge in [-0.2, -0.15) is 0 Å². The molecule has 16 heavy (non-hydrogen) atoms. The minimum Gasteiger partial charge on any atom is -0.477 e. The quantitative estimate of drug-likeness (QED) is 0.718. The Kier molecular flexibility index (Phi) is 4.72. The summed E-state index contributed by atoms with van der Waals surface area (Å²) in [4.78, 5) is 14.6. The molecule has 0 aromatic carbocycles. The first-order valence-electron chi connectivity index (χ1n) is 5.15. The highest BCUT2D eigenvalue weighted by molar-refractivity contribution is 5.85. The predicted molar refractivity (Wildman–Crippen MR) is 60.8 cm³/mol. The molecule has 5 heteroatoms. The number of carbonyl (C=O) groups is 1. The van der Waals surface area contributed by atoms with Crippen molar-refractivity contribution in [1.29, 1.82) is 0 Å². The molecule has 1 heterocycles. The lowest BCUT2D eigenvalue weighted by molar-refractivity contribution is 0.0690. The highest BCUT2D eigenvalue weighted by Crippen LogP contribution is 2.04. The van der Waals surface area contributed by atoms with Crippen molar-refractivity contribution in [3.63, 3.8) is 0 Å². The molecule has 0 bridgehead atoms. The maximum absolute atomic E-state index is 10.7. The lowest BCUT2D eigenvalue weighted by atomic mass is 10.3. The van der Waals surface area contributed by atoms with Crippen molar-refractivity contribution < 1.29 is 14.6 Å². The van der Waals surface area contributed by atoms with Gasteiger partial charge in [-0.05, 0) is 26.0 Å². The molecule has 0 spiro atoms. The Balaban J connectivity index is 2.42. The average molecular weight is 224 g/mol. The third-order valence-electron chi connectivity index (χ3n) is 1.83. The molecule has 0 atom stereocenters. The van der Waals surface area contributed by atoms with Crippen LogP contribution in [0.15, 0.2) is 18.2 Å². The van der Waals surface area contributed by atoms with Crippen LogP contribution < -0.4 is 5.32 Å². The number of hydrogen-bond donors (Lipinski definition) is 2. The van der Waals surface area contributed by atoms with Gasteiger partial charge in [0.05, 0.1) is 12.7 Å². The van der Waals surface area contributed by atoms with E-state index in [1.54, 1.807) is 12.1 Å². The largest absolute Gasteiger partial charge is 0.477 e. The Labute approximate surface area is 94.5 Å². The molecule has 0 aliphatic carbocycles. The Morgan fingerprint density at radius 3 is 2.94 bits per heavy atom. The molecule has 88 valence electrons. The van der Waals surface area contributed by atoms with E-state index in [0.29, 0.717) is 19.0 Å². The van der Waals surface area contributed by atoms with E-state index in [4.69, 9.17) is 9.84 Å². The molecule has 1 rings (SSSR count). The molecule has 0 saturated heterocycles. The van der Waals surface area contributed by atoms with Gasteiger partial charge in [-0.1, -0.05) is 6.07 Å². The number of aromatic nitrogens is 1. The van der Waals surface area contributed by atoms with Crippen molar-refractivity contribution in [2.45, 2.75) is 20.0 Å². The van der Waals surface area contributed by atoms with Gasteiger partial charge in [0.2, 0.25) is 0 Å². The van der Waals surface area contributed by atoms with Crippen LogP contribution in [-0.2, 0) is 4.74 Å². The number of rotatable bonds is 6. The first-order valence-corrected chi connectivity index (χ1v) is 5.15. The number of pyridine rings is 1. The number of carboxylic acids is 1. The molecule has 0 radical (unpaired) electrons. The van der Waals surface area contributed by atoms with E-state index in [1.807, 2.05) is 13.8 Å². The van der Waals surface area contributed by atoms with Gasteiger partial charge >= 0.3 is 5.97 Å². The normalized spacial score (nSPS) is 10.4. The monoisotopic (exact) mass is 224 g/mol. The highest BCUT2D eigenvalue weighted by atomic mass is 16.5. The van der Waals surface area contributed by atoms with E-state index < -0.39 is 5.97 Å². The third-order valence-corrected chi connectivity index (χ3v) is 1.83. The zero-order valence-corrected chi connectivity index (χ0v) is 9.43. The molecule has 0 aliphatic rings. The number of carboxylic acid groups (broad SMARTS) is 1.